The highest BCUT2D eigenvalue weighted by molar-refractivity contribution is 6.33. The zero-order valence-electron chi connectivity index (χ0n) is 10.3. The van der Waals surface area contributed by atoms with Gasteiger partial charge in [-0.25, -0.2) is 4.39 Å². The molecule has 2 aromatic carbocycles. The van der Waals surface area contributed by atoms with E-state index in [1.165, 1.54) is 25.3 Å². The van der Waals surface area contributed by atoms with E-state index in [1.54, 1.807) is 18.2 Å². The van der Waals surface area contributed by atoms with E-state index in [2.05, 4.69) is 5.32 Å². The molecule has 0 radical (unpaired) electrons. The third kappa shape index (κ3) is 3.09. The number of benzene rings is 2. The van der Waals surface area contributed by atoms with Gasteiger partial charge in [-0.2, -0.15) is 0 Å². The monoisotopic (exact) mass is 281 g/mol. The van der Waals surface area contributed by atoms with E-state index in [1.807, 2.05) is 0 Å². The van der Waals surface area contributed by atoms with Crippen molar-refractivity contribution in [3.8, 4) is 11.5 Å². The summed E-state index contributed by atoms with van der Waals surface area (Å²) in [6.45, 7) is 0.240. The van der Waals surface area contributed by atoms with Gasteiger partial charge >= 0.3 is 0 Å². The maximum atomic E-state index is 13.6. The number of phenols is 1. The molecule has 0 unspecified atom stereocenters. The molecule has 0 spiro atoms. The van der Waals surface area contributed by atoms with E-state index in [0.29, 0.717) is 16.3 Å². The molecule has 5 heteroatoms. The smallest absolute Gasteiger partial charge is 0.147 e. The summed E-state index contributed by atoms with van der Waals surface area (Å²) in [5, 5.41) is 12.9. The standard InChI is InChI=1S/C14H13ClFNO2/c1-19-10-5-6-13(18)9(7-10)8-17-14-11(15)3-2-4-12(14)16/h2-7,17-18H,8H2,1H3. The number of nitrogens with one attached hydrogen (secondary N) is 1. The van der Waals surface area contributed by atoms with Gasteiger partial charge in [-0.05, 0) is 30.3 Å². The maximum Gasteiger partial charge on any atom is 0.147 e. The Labute approximate surface area is 115 Å². The van der Waals surface area contributed by atoms with Crippen LogP contribution in [-0.2, 0) is 6.54 Å². The minimum atomic E-state index is -0.435. The molecule has 2 aromatic rings. The highest BCUT2D eigenvalue weighted by Crippen LogP contribution is 2.27. The van der Waals surface area contributed by atoms with Gasteiger partial charge in [-0.15, -0.1) is 0 Å². The fourth-order valence-corrected chi connectivity index (χ4v) is 1.91. The van der Waals surface area contributed by atoms with Crippen LogP contribution in [0.1, 0.15) is 5.56 Å². The van der Waals surface area contributed by atoms with Gasteiger partial charge in [0.25, 0.3) is 0 Å². The van der Waals surface area contributed by atoms with Gasteiger partial charge in [0.1, 0.15) is 17.3 Å². The molecule has 0 amide bonds. The van der Waals surface area contributed by atoms with Gasteiger partial charge in [0.05, 0.1) is 17.8 Å². The normalized spacial score (nSPS) is 10.3. The van der Waals surface area contributed by atoms with Crippen LogP contribution >= 0.6 is 11.6 Å². The van der Waals surface area contributed by atoms with Gasteiger partial charge in [0.15, 0.2) is 0 Å². The Morgan fingerprint density at radius 1 is 1.32 bits per heavy atom. The summed E-state index contributed by atoms with van der Waals surface area (Å²) in [5.74, 6) is 0.296. The third-order valence-corrected chi connectivity index (χ3v) is 3.02. The van der Waals surface area contributed by atoms with Crippen molar-refractivity contribution in [3.63, 3.8) is 0 Å². The maximum absolute atomic E-state index is 13.6. The van der Waals surface area contributed by atoms with Crippen molar-refractivity contribution in [2.75, 3.05) is 12.4 Å². The summed E-state index contributed by atoms with van der Waals surface area (Å²) in [5.41, 5.74) is 0.810. The Balaban J connectivity index is 2.19. The van der Waals surface area contributed by atoms with Gasteiger partial charge < -0.3 is 15.2 Å². The minimum absolute atomic E-state index is 0.112. The Kier molecular flexibility index (Phi) is 4.12. The van der Waals surface area contributed by atoms with Gasteiger partial charge in [0, 0.05) is 12.1 Å². The molecule has 0 saturated carbocycles. The average molecular weight is 282 g/mol. The second-order valence-corrected chi connectivity index (χ2v) is 4.35. The number of hydrogen-bond acceptors (Lipinski definition) is 3. The number of anilines is 1. The van der Waals surface area contributed by atoms with E-state index in [-0.39, 0.29) is 18.0 Å². The second-order valence-electron chi connectivity index (χ2n) is 3.94. The van der Waals surface area contributed by atoms with Crippen LogP contribution in [0.3, 0.4) is 0 Å². The Morgan fingerprint density at radius 3 is 2.79 bits per heavy atom. The van der Waals surface area contributed by atoms with E-state index >= 15 is 0 Å². The number of hydrogen-bond donors (Lipinski definition) is 2. The molecule has 100 valence electrons. The van der Waals surface area contributed by atoms with Crippen LogP contribution in [0.2, 0.25) is 5.02 Å². The SMILES string of the molecule is COc1ccc(O)c(CNc2c(F)cccc2Cl)c1. The lowest BCUT2D eigenvalue weighted by atomic mass is 10.2. The lowest BCUT2D eigenvalue weighted by Crippen LogP contribution is -2.02. The predicted molar refractivity (Wildman–Crippen MR) is 73.4 cm³/mol. The lowest BCUT2D eigenvalue weighted by Gasteiger charge is -2.11. The fourth-order valence-electron chi connectivity index (χ4n) is 1.68. The molecule has 0 fully saturated rings. The fraction of sp³-hybridized carbons (Fsp3) is 0.143. The summed E-state index contributed by atoms with van der Waals surface area (Å²) in [7, 11) is 1.54. The number of methoxy groups -OCH3 is 1. The van der Waals surface area contributed by atoms with Crippen molar-refractivity contribution < 1.29 is 14.2 Å². The number of para-hydroxylation sites is 1. The largest absolute Gasteiger partial charge is 0.508 e. The molecule has 0 bridgehead atoms. The summed E-state index contributed by atoms with van der Waals surface area (Å²) in [6.07, 6.45) is 0. The van der Waals surface area contributed by atoms with Crippen LogP contribution < -0.4 is 10.1 Å². The number of aromatic hydroxyl groups is 1. The van der Waals surface area contributed by atoms with Crippen LogP contribution in [0, 0.1) is 5.82 Å². The molecule has 0 aliphatic heterocycles. The molecule has 0 aliphatic carbocycles. The quantitative estimate of drug-likeness (QED) is 0.895. The first-order chi connectivity index (χ1) is 9.11. The van der Waals surface area contributed by atoms with Crippen molar-refractivity contribution in [2.45, 2.75) is 6.54 Å². The highest BCUT2D eigenvalue weighted by Gasteiger charge is 2.08. The van der Waals surface area contributed by atoms with E-state index in [0.717, 1.165) is 0 Å². The van der Waals surface area contributed by atoms with Crippen molar-refractivity contribution in [2.24, 2.45) is 0 Å². The van der Waals surface area contributed by atoms with Crippen molar-refractivity contribution in [3.05, 3.63) is 52.8 Å². The first-order valence-electron chi connectivity index (χ1n) is 5.65. The van der Waals surface area contributed by atoms with E-state index in [9.17, 15) is 9.50 Å². The first-order valence-corrected chi connectivity index (χ1v) is 6.03. The molecule has 0 aromatic heterocycles. The third-order valence-electron chi connectivity index (χ3n) is 2.71. The zero-order chi connectivity index (χ0) is 13.8. The summed E-state index contributed by atoms with van der Waals surface area (Å²) >= 11 is 5.90. The van der Waals surface area contributed by atoms with Crippen LogP contribution in [0.25, 0.3) is 0 Å². The molecule has 19 heavy (non-hydrogen) atoms. The second kappa shape index (κ2) is 5.80. The minimum Gasteiger partial charge on any atom is -0.508 e. The van der Waals surface area contributed by atoms with Crippen LogP contribution in [-0.4, -0.2) is 12.2 Å². The first kappa shape index (κ1) is 13.5. The molecule has 0 aliphatic rings. The zero-order valence-corrected chi connectivity index (χ0v) is 11.0. The van der Waals surface area contributed by atoms with Crippen molar-refractivity contribution in [1.82, 2.24) is 0 Å². The van der Waals surface area contributed by atoms with Crippen LogP contribution in [0.15, 0.2) is 36.4 Å². The lowest BCUT2D eigenvalue weighted by molar-refractivity contribution is 0.411. The van der Waals surface area contributed by atoms with Gasteiger partial charge in [0.2, 0.25) is 0 Å². The predicted octanol–water partition coefficient (Wildman–Crippen LogP) is 3.81. The molecule has 2 rings (SSSR count). The Hall–Kier alpha value is -1.94. The topological polar surface area (TPSA) is 41.5 Å². The highest BCUT2D eigenvalue weighted by atomic mass is 35.5. The molecular weight excluding hydrogens is 269 g/mol. The van der Waals surface area contributed by atoms with Crippen molar-refractivity contribution >= 4 is 17.3 Å². The van der Waals surface area contributed by atoms with Gasteiger partial charge in [-0.3, -0.25) is 0 Å². The number of phenolic OH excluding ortho intramolecular Hbond substituents is 1. The van der Waals surface area contributed by atoms with Crippen LogP contribution in [0.4, 0.5) is 10.1 Å². The summed E-state index contributed by atoms with van der Waals surface area (Å²) in [6, 6.07) is 9.30. The van der Waals surface area contributed by atoms with Gasteiger partial charge in [-0.1, -0.05) is 17.7 Å². The average Bonchev–Trinajstić information content (AvgIpc) is 2.40. The summed E-state index contributed by atoms with van der Waals surface area (Å²) in [4.78, 5) is 0. The summed E-state index contributed by atoms with van der Waals surface area (Å²) < 4.78 is 18.6. The molecule has 3 nitrogen and oxygen atoms in total. The van der Waals surface area contributed by atoms with E-state index < -0.39 is 5.82 Å². The molecular formula is C14H13ClFNO2. The number of halogens is 2. The Morgan fingerprint density at radius 2 is 2.11 bits per heavy atom. The molecule has 0 atom stereocenters. The van der Waals surface area contributed by atoms with Crippen LogP contribution in [0.5, 0.6) is 11.5 Å². The number of ether oxygens (including phenoxy) is 1. The van der Waals surface area contributed by atoms with E-state index in [4.69, 9.17) is 16.3 Å². The molecule has 0 heterocycles. The molecule has 2 N–H and O–H groups in total. The molecule has 0 saturated heterocycles. The number of rotatable bonds is 4. The van der Waals surface area contributed by atoms with Crippen molar-refractivity contribution in [1.29, 1.82) is 0 Å². The Bertz CT molecular complexity index is 569.